The van der Waals surface area contributed by atoms with Crippen molar-refractivity contribution in [3.05, 3.63) is 29.8 Å². The second kappa shape index (κ2) is 19.2. The number of carboxylic acid groups (broad SMARTS) is 1. The first kappa shape index (κ1) is 27.5. The molecule has 0 saturated carbocycles. The number of ether oxygens (including phenoxy) is 1. The average molecular weight is 434 g/mol. The number of carbonyl (C=O) groups is 1. The molecule has 1 atom stereocenters. The SMILES string of the molecule is CCCCCCCCCCCCCCCCCCOc1ccc(C(N)CC(=O)O)cc1. The lowest BCUT2D eigenvalue weighted by Crippen LogP contribution is -2.14. The zero-order valence-corrected chi connectivity index (χ0v) is 20.0. The van der Waals surface area contributed by atoms with E-state index in [0.717, 1.165) is 24.3 Å². The molecule has 0 spiro atoms. The second-order valence-electron chi connectivity index (χ2n) is 8.93. The Kier molecular flexibility index (Phi) is 17.0. The molecule has 0 fully saturated rings. The van der Waals surface area contributed by atoms with Crippen molar-refractivity contribution in [1.29, 1.82) is 0 Å². The maximum absolute atomic E-state index is 10.7. The van der Waals surface area contributed by atoms with Crippen LogP contribution in [-0.4, -0.2) is 17.7 Å². The van der Waals surface area contributed by atoms with E-state index in [9.17, 15) is 4.79 Å². The maximum atomic E-state index is 10.7. The van der Waals surface area contributed by atoms with Crippen molar-refractivity contribution < 1.29 is 14.6 Å². The van der Waals surface area contributed by atoms with Gasteiger partial charge in [-0.05, 0) is 24.1 Å². The molecule has 0 aliphatic rings. The lowest BCUT2D eigenvalue weighted by molar-refractivity contribution is -0.137. The fraction of sp³-hybridized carbons (Fsp3) is 0.741. The molecule has 4 nitrogen and oxygen atoms in total. The Balaban J connectivity index is 1.87. The molecular formula is C27H47NO3. The van der Waals surface area contributed by atoms with E-state index >= 15 is 0 Å². The minimum Gasteiger partial charge on any atom is -0.494 e. The van der Waals surface area contributed by atoms with Crippen molar-refractivity contribution in [3.63, 3.8) is 0 Å². The van der Waals surface area contributed by atoms with Crippen LogP contribution in [0.3, 0.4) is 0 Å². The summed E-state index contributed by atoms with van der Waals surface area (Å²) in [5, 5.41) is 8.81. The summed E-state index contributed by atoms with van der Waals surface area (Å²) in [6.07, 6.45) is 21.8. The average Bonchev–Trinajstić information content (AvgIpc) is 2.76. The van der Waals surface area contributed by atoms with Gasteiger partial charge in [0.1, 0.15) is 5.75 Å². The van der Waals surface area contributed by atoms with Gasteiger partial charge in [-0.1, -0.05) is 115 Å². The van der Waals surface area contributed by atoms with Crippen LogP contribution < -0.4 is 10.5 Å². The molecule has 1 rings (SSSR count). The number of benzene rings is 1. The van der Waals surface area contributed by atoms with Crippen LogP contribution >= 0.6 is 0 Å². The van der Waals surface area contributed by atoms with E-state index in [1.165, 1.54) is 96.3 Å². The highest BCUT2D eigenvalue weighted by Gasteiger charge is 2.10. The summed E-state index contributed by atoms with van der Waals surface area (Å²) < 4.78 is 5.78. The summed E-state index contributed by atoms with van der Waals surface area (Å²) in [5.41, 5.74) is 6.70. The summed E-state index contributed by atoms with van der Waals surface area (Å²) >= 11 is 0. The Hall–Kier alpha value is -1.55. The van der Waals surface area contributed by atoms with E-state index in [-0.39, 0.29) is 6.42 Å². The molecule has 0 aliphatic carbocycles. The van der Waals surface area contributed by atoms with Gasteiger partial charge in [0, 0.05) is 6.04 Å². The Morgan fingerprint density at radius 1 is 0.774 bits per heavy atom. The molecule has 0 amide bonds. The number of hydrogen-bond donors (Lipinski definition) is 2. The lowest BCUT2D eigenvalue weighted by atomic mass is 10.0. The Morgan fingerprint density at radius 2 is 1.19 bits per heavy atom. The largest absolute Gasteiger partial charge is 0.494 e. The molecule has 4 heteroatoms. The molecule has 178 valence electrons. The first-order valence-corrected chi connectivity index (χ1v) is 12.8. The fourth-order valence-electron chi connectivity index (χ4n) is 3.96. The van der Waals surface area contributed by atoms with Crippen molar-refractivity contribution >= 4 is 5.97 Å². The standard InChI is InChI=1S/C27H47NO3/c1-2-3-4-5-6-7-8-9-10-11-12-13-14-15-16-17-22-31-25-20-18-24(19-21-25)26(28)23-27(29)30/h18-21,26H,2-17,22-23,28H2,1H3,(H,29,30). The van der Waals surface area contributed by atoms with Crippen LogP contribution in [0.2, 0.25) is 0 Å². The molecule has 3 N–H and O–H groups in total. The van der Waals surface area contributed by atoms with Gasteiger partial charge in [0.2, 0.25) is 0 Å². The lowest BCUT2D eigenvalue weighted by Gasteiger charge is -2.11. The predicted octanol–water partition coefficient (Wildman–Crippen LogP) is 7.80. The number of aliphatic carboxylic acids is 1. The van der Waals surface area contributed by atoms with Gasteiger partial charge < -0.3 is 15.6 Å². The van der Waals surface area contributed by atoms with Crippen LogP contribution in [0.4, 0.5) is 0 Å². The first-order chi connectivity index (χ1) is 15.1. The van der Waals surface area contributed by atoms with E-state index in [1.807, 2.05) is 24.3 Å². The van der Waals surface area contributed by atoms with Gasteiger partial charge in [-0.2, -0.15) is 0 Å². The molecule has 31 heavy (non-hydrogen) atoms. The third kappa shape index (κ3) is 15.8. The molecule has 0 heterocycles. The van der Waals surface area contributed by atoms with Crippen LogP contribution in [0.15, 0.2) is 24.3 Å². The number of unbranched alkanes of at least 4 members (excludes halogenated alkanes) is 15. The minimum atomic E-state index is -0.878. The highest BCUT2D eigenvalue weighted by Crippen LogP contribution is 2.19. The molecule has 1 aromatic carbocycles. The predicted molar refractivity (Wildman–Crippen MR) is 131 cm³/mol. The minimum absolute atomic E-state index is 0.0562. The third-order valence-corrected chi connectivity index (χ3v) is 5.97. The number of rotatable bonds is 21. The van der Waals surface area contributed by atoms with Gasteiger partial charge in [-0.25, -0.2) is 0 Å². The molecule has 0 aromatic heterocycles. The van der Waals surface area contributed by atoms with Gasteiger partial charge in [-0.15, -0.1) is 0 Å². The zero-order chi connectivity index (χ0) is 22.6. The van der Waals surface area contributed by atoms with Crippen LogP contribution in [0, 0.1) is 0 Å². The highest BCUT2D eigenvalue weighted by molar-refractivity contribution is 5.67. The molecule has 1 unspecified atom stereocenters. The Morgan fingerprint density at radius 3 is 1.61 bits per heavy atom. The van der Waals surface area contributed by atoms with Gasteiger partial charge in [0.05, 0.1) is 13.0 Å². The Labute approximate surface area is 191 Å². The fourth-order valence-corrected chi connectivity index (χ4v) is 3.96. The quantitative estimate of drug-likeness (QED) is 0.194. The van der Waals surface area contributed by atoms with Crippen molar-refractivity contribution in [2.75, 3.05) is 6.61 Å². The van der Waals surface area contributed by atoms with Crippen LogP contribution in [-0.2, 0) is 4.79 Å². The topological polar surface area (TPSA) is 72.5 Å². The molecule has 0 saturated heterocycles. The molecule has 0 bridgehead atoms. The first-order valence-electron chi connectivity index (χ1n) is 12.8. The van der Waals surface area contributed by atoms with Crippen LogP contribution in [0.1, 0.15) is 128 Å². The van der Waals surface area contributed by atoms with Gasteiger partial charge in [0.15, 0.2) is 0 Å². The van der Waals surface area contributed by atoms with Crippen molar-refractivity contribution in [2.24, 2.45) is 5.73 Å². The van der Waals surface area contributed by atoms with E-state index in [1.54, 1.807) is 0 Å². The molecule has 1 aromatic rings. The summed E-state index contributed by atoms with van der Waals surface area (Å²) in [4.78, 5) is 10.7. The summed E-state index contributed by atoms with van der Waals surface area (Å²) in [5.74, 6) is -0.0523. The normalized spacial score (nSPS) is 12.1. The van der Waals surface area contributed by atoms with E-state index in [4.69, 9.17) is 15.6 Å². The third-order valence-electron chi connectivity index (χ3n) is 5.97. The molecule has 0 radical (unpaired) electrons. The van der Waals surface area contributed by atoms with Crippen molar-refractivity contribution in [2.45, 2.75) is 122 Å². The summed E-state index contributed by atoms with van der Waals surface area (Å²) in [6, 6.07) is 7.01. The number of carboxylic acids is 1. The van der Waals surface area contributed by atoms with E-state index in [2.05, 4.69) is 6.92 Å². The highest BCUT2D eigenvalue weighted by atomic mass is 16.5. The van der Waals surface area contributed by atoms with Crippen molar-refractivity contribution in [3.8, 4) is 5.75 Å². The zero-order valence-electron chi connectivity index (χ0n) is 20.0. The monoisotopic (exact) mass is 433 g/mol. The van der Waals surface area contributed by atoms with E-state index < -0.39 is 12.0 Å². The van der Waals surface area contributed by atoms with Gasteiger partial charge >= 0.3 is 5.97 Å². The van der Waals surface area contributed by atoms with Crippen LogP contribution in [0.25, 0.3) is 0 Å². The van der Waals surface area contributed by atoms with E-state index in [0.29, 0.717) is 0 Å². The number of nitrogens with two attached hydrogens (primary N) is 1. The van der Waals surface area contributed by atoms with Crippen molar-refractivity contribution in [1.82, 2.24) is 0 Å². The smallest absolute Gasteiger partial charge is 0.305 e. The Bertz CT molecular complexity index is 544. The molecular weight excluding hydrogens is 386 g/mol. The van der Waals surface area contributed by atoms with Gasteiger partial charge in [-0.3, -0.25) is 4.79 Å². The second-order valence-corrected chi connectivity index (χ2v) is 8.93. The van der Waals surface area contributed by atoms with Crippen LogP contribution in [0.5, 0.6) is 5.75 Å². The number of hydrogen-bond acceptors (Lipinski definition) is 3. The maximum Gasteiger partial charge on any atom is 0.305 e. The molecule has 0 aliphatic heterocycles. The van der Waals surface area contributed by atoms with Gasteiger partial charge in [0.25, 0.3) is 0 Å². The summed E-state index contributed by atoms with van der Waals surface area (Å²) in [7, 11) is 0. The summed E-state index contributed by atoms with van der Waals surface area (Å²) in [6.45, 7) is 3.01.